The fraction of sp³-hybridized carbons (Fsp3) is 0.0800. The van der Waals surface area contributed by atoms with E-state index in [9.17, 15) is 0 Å². The number of fused-ring (bicyclic) bond motifs is 1. The molecular weight excluding hydrogens is 370 g/mol. The van der Waals surface area contributed by atoms with Crippen molar-refractivity contribution < 1.29 is 0 Å². The van der Waals surface area contributed by atoms with E-state index in [1.54, 1.807) is 12.4 Å². The van der Waals surface area contributed by atoms with Crippen molar-refractivity contribution in [2.45, 2.75) is 6.54 Å². The molecule has 0 aliphatic rings. The first-order chi connectivity index (χ1) is 14.8. The molecule has 30 heavy (non-hydrogen) atoms. The van der Waals surface area contributed by atoms with E-state index in [-0.39, 0.29) is 0 Å². The Morgan fingerprint density at radius 3 is 2.47 bits per heavy atom. The van der Waals surface area contributed by atoms with Gasteiger partial charge in [0.25, 0.3) is 0 Å². The quantitative estimate of drug-likeness (QED) is 0.441. The van der Waals surface area contributed by atoms with Crippen LogP contribution in [-0.2, 0) is 13.6 Å². The number of hydrogen-bond donors (Lipinski definition) is 1. The van der Waals surface area contributed by atoms with Crippen LogP contribution in [0.25, 0.3) is 33.3 Å². The van der Waals surface area contributed by atoms with Crippen LogP contribution >= 0.6 is 0 Å². The molecule has 0 aliphatic heterocycles. The van der Waals surface area contributed by atoms with Gasteiger partial charge in [0.2, 0.25) is 0 Å². The Morgan fingerprint density at radius 1 is 0.833 bits per heavy atom. The van der Waals surface area contributed by atoms with Crippen molar-refractivity contribution >= 4 is 16.7 Å². The third-order valence-electron chi connectivity index (χ3n) is 5.13. The van der Waals surface area contributed by atoms with Gasteiger partial charge in [-0.1, -0.05) is 48.5 Å². The number of para-hydroxylation sites is 1. The van der Waals surface area contributed by atoms with Crippen LogP contribution < -0.4 is 5.32 Å². The average Bonchev–Trinajstić information content (AvgIpc) is 3.19. The van der Waals surface area contributed by atoms with Gasteiger partial charge in [0.05, 0.1) is 11.2 Å². The molecular formula is C25H21N5. The lowest BCUT2D eigenvalue weighted by Crippen LogP contribution is -2.02. The van der Waals surface area contributed by atoms with Gasteiger partial charge < -0.3 is 5.32 Å². The lowest BCUT2D eigenvalue weighted by atomic mass is 10.1. The highest BCUT2D eigenvalue weighted by Crippen LogP contribution is 2.27. The fourth-order valence-corrected chi connectivity index (χ4v) is 3.57. The zero-order valence-electron chi connectivity index (χ0n) is 16.7. The summed E-state index contributed by atoms with van der Waals surface area (Å²) in [6, 6.07) is 24.9. The normalized spacial score (nSPS) is 11.0. The minimum absolute atomic E-state index is 0.695. The van der Waals surface area contributed by atoms with E-state index >= 15 is 0 Å². The number of aromatic nitrogens is 4. The van der Waals surface area contributed by atoms with Crippen LogP contribution in [-0.4, -0.2) is 19.7 Å². The molecule has 1 N–H and O–H groups in total. The van der Waals surface area contributed by atoms with Gasteiger partial charge in [-0.25, -0.2) is 4.98 Å². The molecule has 146 valence electrons. The third kappa shape index (κ3) is 3.65. The second-order valence-corrected chi connectivity index (χ2v) is 7.24. The summed E-state index contributed by atoms with van der Waals surface area (Å²) in [5.41, 5.74) is 6.46. The zero-order valence-corrected chi connectivity index (χ0v) is 16.7. The minimum Gasteiger partial charge on any atom is -0.364 e. The molecule has 5 rings (SSSR count). The molecule has 5 nitrogen and oxygen atoms in total. The maximum atomic E-state index is 4.78. The van der Waals surface area contributed by atoms with E-state index in [4.69, 9.17) is 4.98 Å². The van der Waals surface area contributed by atoms with E-state index < -0.39 is 0 Å². The summed E-state index contributed by atoms with van der Waals surface area (Å²) in [5.74, 6) is 0.865. The van der Waals surface area contributed by atoms with E-state index in [1.165, 1.54) is 5.56 Å². The number of pyridine rings is 2. The average molecular weight is 391 g/mol. The van der Waals surface area contributed by atoms with Crippen LogP contribution in [0.3, 0.4) is 0 Å². The Balaban J connectivity index is 1.33. The SMILES string of the molecule is Cn1cc(-c2ccncc2)c(NCc2ccc(-c3ccc4ccccc4n3)cc2)n1. The molecule has 0 aliphatic carbocycles. The summed E-state index contributed by atoms with van der Waals surface area (Å²) in [6.07, 6.45) is 5.61. The summed E-state index contributed by atoms with van der Waals surface area (Å²) >= 11 is 0. The van der Waals surface area contributed by atoms with Gasteiger partial charge in [-0.15, -0.1) is 0 Å². The number of aryl methyl sites for hydroxylation is 1. The Kier molecular flexibility index (Phi) is 4.69. The molecule has 0 bridgehead atoms. The molecule has 0 atom stereocenters. The Hall–Kier alpha value is -3.99. The zero-order chi connectivity index (χ0) is 20.3. The third-order valence-corrected chi connectivity index (χ3v) is 5.13. The monoisotopic (exact) mass is 391 g/mol. The Labute approximate surface area is 175 Å². The van der Waals surface area contributed by atoms with Crippen LogP contribution in [0.15, 0.2) is 91.4 Å². The molecule has 0 unspecified atom stereocenters. The molecule has 0 amide bonds. The topological polar surface area (TPSA) is 55.6 Å². The first kappa shape index (κ1) is 18.1. The van der Waals surface area contributed by atoms with Crippen LogP contribution in [0.5, 0.6) is 0 Å². The predicted octanol–water partition coefficient (Wildman–Crippen LogP) is 5.31. The molecule has 0 saturated carbocycles. The molecule has 0 spiro atoms. The van der Waals surface area contributed by atoms with Gasteiger partial charge in [-0.05, 0) is 35.4 Å². The van der Waals surface area contributed by atoms with E-state index in [2.05, 4.69) is 57.9 Å². The number of hydrogen-bond acceptors (Lipinski definition) is 4. The highest BCUT2D eigenvalue weighted by molar-refractivity contribution is 5.81. The molecule has 0 saturated heterocycles. The molecule has 0 fully saturated rings. The number of nitrogens with zero attached hydrogens (tertiary/aromatic N) is 4. The van der Waals surface area contributed by atoms with Crippen LogP contribution in [0.2, 0.25) is 0 Å². The van der Waals surface area contributed by atoms with Crippen molar-refractivity contribution in [2.75, 3.05) is 5.32 Å². The maximum absolute atomic E-state index is 4.78. The van der Waals surface area contributed by atoms with E-state index in [0.717, 1.165) is 39.1 Å². The number of nitrogens with one attached hydrogen (secondary N) is 1. The molecule has 5 heteroatoms. The lowest BCUT2D eigenvalue weighted by Gasteiger charge is -2.08. The van der Waals surface area contributed by atoms with Crippen LogP contribution in [0.1, 0.15) is 5.56 Å². The van der Waals surface area contributed by atoms with Crippen molar-refractivity contribution in [3.05, 3.63) is 97.0 Å². The van der Waals surface area contributed by atoms with Gasteiger partial charge in [0.1, 0.15) is 0 Å². The van der Waals surface area contributed by atoms with Gasteiger partial charge >= 0.3 is 0 Å². The van der Waals surface area contributed by atoms with Crippen molar-refractivity contribution in [3.63, 3.8) is 0 Å². The highest BCUT2D eigenvalue weighted by atomic mass is 15.3. The number of rotatable bonds is 5. The molecule has 3 aromatic heterocycles. The van der Waals surface area contributed by atoms with Crippen molar-refractivity contribution in [1.82, 2.24) is 19.7 Å². The number of benzene rings is 2. The number of anilines is 1. The summed E-state index contributed by atoms with van der Waals surface area (Å²) in [6.45, 7) is 0.695. The Bertz CT molecular complexity index is 1290. The summed E-state index contributed by atoms with van der Waals surface area (Å²) in [7, 11) is 1.93. The minimum atomic E-state index is 0.695. The van der Waals surface area contributed by atoms with Gasteiger partial charge in [0.15, 0.2) is 5.82 Å². The predicted molar refractivity (Wildman–Crippen MR) is 121 cm³/mol. The smallest absolute Gasteiger partial charge is 0.156 e. The highest BCUT2D eigenvalue weighted by Gasteiger charge is 2.10. The molecule has 5 aromatic rings. The fourth-order valence-electron chi connectivity index (χ4n) is 3.57. The molecule has 0 radical (unpaired) electrons. The summed E-state index contributed by atoms with van der Waals surface area (Å²) in [5, 5.41) is 9.19. The van der Waals surface area contributed by atoms with Crippen molar-refractivity contribution in [1.29, 1.82) is 0 Å². The standard InChI is InChI=1S/C25H21N5/c1-30-17-22(19-12-14-26-15-13-19)25(29-30)27-16-18-6-8-21(9-7-18)24-11-10-20-4-2-3-5-23(20)28-24/h2-15,17H,16H2,1H3,(H,27,29). The van der Waals surface area contributed by atoms with Gasteiger partial charge in [0, 0.05) is 48.7 Å². The van der Waals surface area contributed by atoms with Crippen molar-refractivity contribution in [2.24, 2.45) is 7.05 Å². The van der Waals surface area contributed by atoms with Gasteiger partial charge in [-0.2, -0.15) is 5.10 Å². The molecule has 3 heterocycles. The van der Waals surface area contributed by atoms with E-state index in [1.807, 2.05) is 48.3 Å². The second kappa shape index (κ2) is 7.79. The summed E-state index contributed by atoms with van der Waals surface area (Å²) < 4.78 is 1.83. The van der Waals surface area contributed by atoms with Crippen molar-refractivity contribution in [3.8, 4) is 22.4 Å². The Morgan fingerprint density at radius 2 is 1.63 bits per heavy atom. The first-order valence-corrected chi connectivity index (χ1v) is 9.89. The van der Waals surface area contributed by atoms with Crippen LogP contribution in [0.4, 0.5) is 5.82 Å². The summed E-state index contributed by atoms with van der Waals surface area (Å²) in [4.78, 5) is 8.88. The van der Waals surface area contributed by atoms with Gasteiger partial charge in [-0.3, -0.25) is 9.67 Å². The maximum Gasteiger partial charge on any atom is 0.156 e. The lowest BCUT2D eigenvalue weighted by molar-refractivity contribution is 0.768. The first-order valence-electron chi connectivity index (χ1n) is 9.89. The van der Waals surface area contributed by atoms with Crippen LogP contribution in [0, 0.1) is 0 Å². The second-order valence-electron chi connectivity index (χ2n) is 7.24. The molecule has 2 aromatic carbocycles. The largest absolute Gasteiger partial charge is 0.364 e. The van der Waals surface area contributed by atoms with E-state index in [0.29, 0.717) is 6.54 Å².